The van der Waals surface area contributed by atoms with Crippen molar-refractivity contribution < 1.29 is 9.66 Å². The number of guanidine groups is 1. The van der Waals surface area contributed by atoms with Crippen molar-refractivity contribution in [2.45, 2.75) is 19.9 Å². The fourth-order valence-electron chi connectivity index (χ4n) is 1.73. The zero-order valence-electron chi connectivity index (χ0n) is 13.7. The maximum absolute atomic E-state index is 10.6. The lowest BCUT2D eigenvalue weighted by Gasteiger charge is -2.12. The molecule has 0 atom stereocenters. The normalized spacial score (nSPS) is 11.1. The van der Waals surface area contributed by atoms with Crippen molar-refractivity contribution in [1.82, 2.24) is 10.6 Å². The summed E-state index contributed by atoms with van der Waals surface area (Å²) in [7, 11) is 1.67. The minimum absolute atomic E-state index is 0.0797. The lowest BCUT2D eigenvalue weighted by Crippen LogP contribution is -2.38. The van der Waals surface area contributed by atoms with Gasteiger partial charge in [-0.2, -0.15) is 0 Å². The molecule has 0 saturated carbocycles. The van der Waals surface area contributed by atoms with Crippen molar-refractivity contribution in [3.05, 3.63) is 52.1 Å². The number of nitro benzene ring substituents is 1. The summed E-state index contributed by atoms with van der Waals surface area (Å²) in [4.78, 5) is 14.7. The van der Waals surface area contributed by atoms with E-state index in [1.165, 1.54) is 12.1 Å². The van der Waals surface area contributed by atoms with Gasteiger partial charge in [0.15, 0.2) is 5.96 Å². The number of hydrogen-bond acceptors (Lipinski definition) is 4. The Balaban J connectivity index is 2.61. The Labute approximate surface area is 136 Å². The van der Waals surface area contributed by atoms with Gasteiger partial charge in [-0.25, -0.2) is 4.99 Å². The number of nitrogens with one attached hydrogen (secondary N) is 2. The van der Waals surface area contributed by atoms with Gasteiger partial charge < -0.3 is 15.4 Å². The summed E-state index contributed by atoms with van der Waals surface area (Å²) in [6.07, 6.45) is 0.877. The average molecular weight is 320 g/mol. The van der Waals surface area contributed by atoms with Crippen molar-refractivity contribution >= 4 is 11.6 Å². The van der Waals surface area contributed by atoms with Crippen LogP contribution in [0.15, 0.2) is 41.4 Å². The first kappa shape index (κ1) is 18.6. The molecule has 7 heteroatoms. The van der Waals surface area contributed by atoms with E-state index in [0.29, 0.717) is 25.7 Å². The zero-order valence-corrected chi connectivity index (χ0v) is 13.7. The first-order valence-corrected chi connectivity index (χ1v) is 7.41. The molecular formula is C16H24N4O3. The van der Waals surface area contributed by atoms with Crippen LogP contribution in [0.1, 0.15) is 18.9 Å². The van der Waals surface area contributed by atoms with Crippen molar-refractivity contribution in [2.24, 2.45) is 4.99 Å². The van der Waals surface area contributed by atoms with Gasteiger partial charge in [-0.3, -0.25) is 10.1 Å². The molecule has 1 aromatic rings. The molecule has 0 bridgehead atoms. The SMILES string of the molecule is C=C(C)CNC(=NCc1ccc([N+](=O)[O-])cc1)NCCCOC. The third-order valence-electron chi connectivity index (χ3n) is 2.94. The number of benzene rings is 1. The topological polar surface area (TPSA) is 88.8 Å². The molecule has 2 N–H and O–H groups in total. The summed E-state index contributed by atoms with van der Waals surface area (Å²) in [6, 6.07) is 6.39. The third kappa shape index (κ3) is 7.96. The van der Waals surface area contributed by atoms with E-state index in [-0.39, 0.29) is 5.69 Å². The van der Waals surface area contributed by atoms with Crippen LogP contribution in [-0.2, 0) is 11.3 Å². The first-order chi connectivity index (χ1) is 11.0. The molecule has 0 unspecified atom stereocenters. The quantitative estimate of drug-likeness (QED) is 0.182. The highest BCUT2D eigenvalue weighted by atomic mass is 16.6. The Kier molecular flexibility index (Phi) is 8.38. The summed E-state index contributed by atoms with van der Waals surface area (Å²) in [6.45, 7) is 8.29. The number of nitrogens with zero attached hydrogens (tertiary/aromatic N) is 2. The number of non-ortho nitro benzene ring substituents is 1. The van der Waals surface area contributed by atoms with E-state index >= 15 is 0 Å². The number of hydrogen-bond donors (Lipinski definition) is 2. The van der Waals surface area contributed by atoms with E-state index < -0.39 is 4.92 Å². The van der Waals surface area contributed by atoms with Gasteiger partial charge in [-0.05, 0) is 18.9 Å². The lowest BCUT2D eigenvalue weighted by atomic mass is 10.2. The van der Waals surface area contributed by atoms with Crippen LogP contribution in [-0.4, -0.2) is 37.7 Å². The van der Waals surface area contributed by atoms with Crippen molar-refractivity contribution in [2.75, 3.05) is 26.8 Å². The van der Waals surface area contributed by atoms with E-state index in [2.05, 4.69) is 22.2 Å². The smallest absolute Gasteiger partial charge is 0.269 e. The predicted molar refractivity (Wildman–Crippen MR) is 91.5 cm³/mol. The molecule has 0 aliphatic rings. The number of ether oxygens (including phenoxy) is 1. The monoisotopic (exact) mass is 320 g/mol. The Bertz CT molecular complexity index is 541. The predicted octanol–water partition coefficient (Wildman–Crippen LogP) is 2.24. The Morgan fingerprint density at radius 2 is 2.04 bits per heavy atom. The summed E-state index contributed by atoms with van der Waals surface area (Å²) in [5.41, 5.74) is 1.99. The standard InChI is InChI=1S/C16H24N4O3/c1-13(2)11-18-16(17-9-4-10-23-3)19-12-14-5-7-15(8-6-14)20(21)22/h5-8H,1,4,9-12H2,2-3H3,(H2,17,18,19). The molecule has 0 aromatic heterocycles. The summed E-state index contributed by atoms with van der Waals surface area (Å²) < 4.78 is 5.01. The van der Waals surface area contributed by atoms with Gasteiger partial charge in [0.05, 0.1) is 11.5 Å². The van der Waals surface area contributed by atoms with Crippen molar-refractivity contribution in [3.63, 3.8) is 0 Å². The number of rotatable bonds is 9. The molecule has 0 heterocycles. The van der Waals surface area contributed by atoms with Gasteiger partial charge >= 0.3 is 0 Å². The van der Waals surface area contributed by atoms with Gasteiger partial charge in [-0.15, -0.1) is 0 Å². The highest BCUT2D eigenvalue weighted by Gasteiger charge is 2.04. The minimum atomic E-state index is -0.412. The molecule has 0 aliphatic carbocycles. The molecule has 1 aromatic carbocycles. The summed E-state index contributed by atoms with van der Waals surface area (Å²) in [5.74, 6) is 0.683. The van der Waals surface area contributed by atoms with Gasteiger partial charge in [0.2, 0.25) is 0 Å². The van der Waals surface area contributed by atoms with Crippen LogP contribution in [0.4, 0.5) is 5.69 Å². The van der Waals surface area contributed by atoms with E-state index in [4.69, 9.17) is 4.74 Å². The van der Waals surface area contributed by atoms with Crippen LogP contribution in [0.2, 0.25) is 0 Å². The molecule has 0 radical (unpaired) electrons. The summed E-state index contributed by atoms with van der Waals surface area (Å²) in [5, 5.41) is 17.0. The second-order valence-electron chi connectivity index (χ2n) is 5.17. The van der Waals surface area contributed by atoms with Crippen LogP contribution >= 0.6 is 0 Å². The second kappa shape index (κ2) is 10.3. The Morgan fingerprint density at radius 1 is 1.35 bits per heavy atom. The van der Waals surface area contributed by atoms with E-state index in [9.17, 15) is 10.1 Å². The molecule has 0 aliphatic heterocycles. The molecule has 0 saturated heterocycles. The van der Waals surface area contributed by atoms with Crippen LogP contribution in [0.5, 0.6) is 0 Å². The van der Waals surface area contributed by atoms with Crippen molar-refractivity contribution in [1.29, 1.82) is 0 Å². The average Bonchev–Trinajstić information content (AvgIpc) is 2.53. The maximum atomic E-state index is 10.6. The molecule has 126 valence electrons. The third-order valence-corrected chi connectivity index (χ3v) is 2.94. The van der Waals surface area contributed by atoms with Crippen molar-refractivity contribution in [3.8, 4) is 0 Å². The first-order valence-electron chi connectivity index (χ1n) is 7.41. The highest BCUT2D eigenvalue weighted by molar-refractivity contribution is 5.80. The second-order valence-corrected chi connectivity index (χ2v) is 5.17. The highest BCUT2D eigenvalue weighted by Crippen LogP contribution is 2.12. The van der Waals surface area contributed by atoms with Gasteiger partial charge in [-0.1, -0.05) is 24.3 Å². The van der Waals surface area contributed by atoms with Crippen LogP contribution in [0, 0.1) is 10.1 Å². The van der Waals surface area contributed by atoms with Gasteiger partial charge in [0.1, 0.15) is 0 Å². The molecule has 7 nitrogen and oxygen atoms in total. The number of aliphatic imine (C=N–C) groups is 1. The van der Waals surface area contributed by atoms with Crippen LogP contribution in [0.3, 0.4) is 0 Å². The zero-order chi connectivity index (χ0) is 17.1. The summed E-state index contributed by atoms with van der Waals surface area (Å²) >= 11 is 0. The van der Waals surface area contributed by atoms with E-state index in [1.807, 2.05) is 6.92 Å². The number of methoxy groups -OCH3 is 1. The molecule has 0 spiro atoms. The Hall–Kier alpha value is -2.41. The van der Waals surface area contributed by atoms with Crippen LogP contribution < -0.4 is 10.6 Å². The molecule has 0 fully saturated rings. The largest absolute Gasteiger partial charge is 0.385 e. The van der Waals surface area contributed by atoms with E-state index in [1.54, 1.807) is 19.2 Å². The number of nitro groups is 1. The fourth-order valence-corrected chi connectivity index (χ4v) is 1.73. The van der Waals surface area contributed by atoms with Gasteiger partial charge in [0.25, 0.3) is 5.69 Å². The molecule has 23 heavy (non-hydrogen) atoms. The maximum Gasteiger partial charge on any atom is 0.269 e. The molecule has 1 rings (SSSR count). The lowest BCUT2D eigenvalue weighted by molar-refractivity contribution is -0.384. The molecular weight excluding hydrogens is 296 g/mol. The van der Waals surface area contributed by atoms with E-state index in [0.717, 1.165) is 24.1 Å². The molecule has 0 amide bonds. The fraction of sp³-hybridized carbons (Fsp3) is 0.438. The van der Waals surface area contributed by atoms with Crippen LogP contribution in [0.25, 0.3) is 0 Å². The minimum Gasteiger partial charge on any atom is -0.385 e. The van der Waals surface area contributed by atoms with Gasteiger partial charge in [0, 0.05) is 38.9 Å². The Morgan fingerprint density at radius 3 is 2.61 bits per heavy atom.